The van der Waals surface area contributed by atoms with E-state index < -0.39 is 0 Å². The summed E-state index contributed by atoms with van der Waals surface area (Å²) in [5.74, 6) is -0.656. The van der Waals surface area contributed by atoms with E-state index in [9.17, 15) is 9.18 Å². The number of anilines is 1. The van der Waals surface area contributed by atoms with Crippen LogP contribution in [0.4, 0.5) is 10.1 Å². The molecule has 6 heteroatoms. The number of amides is 1. The standard InChI is InChI=1S/C14H11FN4O/c1-19-8-11(7-16-19)17-14(20)13-4-2-9-6-10(15)3-5-12(9)18-13/h2-8H,1H3,(H,17,20). The minimum absolute atomic E-state index is 0.271. The van der Waals surface area contributed by atoms with Crippen LogP contribution in [0.25, 0.3) is 10.9 Å². The molecule has 0 fully saturated rings. The summed E-state index contributed by atoms with van der Waals surface area (Å²) < 4.78 is 14.7. The number of hydrogen-bond donors (Lipinski definition) is 1. The fourth-order valence-electron chi connectivity index (χ4n) is 1.90. The highest BCUT2D eigenvalue weighted by molar-refractivity contribution is 6.03. The van der Waals surface area contributed by atoms with Crippen molar-refractivity contribution in [2.75, 3.05) is 5.32 Å². The average molecular weight is 270 g/mol. The fraction of sp³-hybridized carbons (Fsp3) is 0.0714. The number of hydrogen-bond acceptors (Lipinski definition) is 3. The first-order valence-corrected chi connectivity index (χ1v) is 5.98. The average Bonchev–Trinajstić information content (AvgIpc) is 2.83. The predicted molar refractivity (Wildman–Crippen MR) is 72.9 cm³/mol. The van der Waals surface area contributed by atoms with Crippen LogP contribution >= 0.6 is 0 Å². The highest BCUT2D eigenvalue weighted by Crippen LogP contribution is 2.15. The van der Waals surface area contributed by atoms with Gasteiger partial charge in [-0.05, 0) is 24.3 Å². The van der Waals surface area contributed by atoms with Crippen molar-refractivity contribution in [1.29, 1.82) is 0 Å². The van der Waals surface area contributed by atoms with Crippen molar-refractivity contribution in [3.05, 3.63) is 54.2 Å². The first-order chi connectivity index (χ1) is 9.61. The van der Waals surface area contributed by atoms with Gasteiger partial charge in [0.1, 0.15) is 11.5 Å². The number of nitrogens with one attached hydrogen (secondary N) is 1. The number of nitrogens with zero attached hydrogens (tertiary/aromatic N) is 3. The van der Waals surface area contributed by atoms with Crippen LogP contribution in [0, 0.1) is 5.82 Å². The lowest BCUT2D eigenvalue weighted by Crippen LogP contribution is -2.13. The number of aryl methyl sites for hydroxylation is 1. The third-order valence-corrected chi connectivity index (χ3v) is 2.85. The van der Waals surface area contributed by atoms with Crippen molar-refractivity contribution < 1.29 is 9.18 Å². The van der Waals surface area contributed by atoms with E-state index in [0.29, 0.717) is 16.6 Å². The highest BCUT2D eigenvalue weighted by atomic mass is 19.1. The van der Waals surface area contributed by atoms with Gasteiger partial charge in [-0.25, -0.2) is 9.37 Å². The van der Waals surface area contributed by atoms with Crippen LogP contribution in [0.1, 0.15) is 10.5 Å². The van der Waals surface area contributed by atoms with Gasteiger partial charge in [0.2, 0.25) is 0 Å². The summed E-state index contributed by atoms with van der Waals surface area (Å²) in [5.41, 5.74) is 1.44. The molecule has 3 rings (SSSR count). The van der Waals surface area contributed by atoms with Crippen molar-refractivity contribution in [3.8, 4) is 0 Å². The Morgan fingerprint density at radius 3 is 2.90 bits per heavy atom. The molecule has 0 atom stereocenters. The van der Waals surface area contributed by atoms with E-state index >= 15 is 0 Å². The van der Waals surface area contributed by atoms with Gasteiger partial charge in [-0.3, -0.25) is 9.48 Å². The number of aromatic nitrogens is 3. The number of rotatable bonds is 2. The predicted octanol–water partition coefficient (Wildman–Crippen LogP) is 2.36. The fourth-order valence-corrected chi connectivity index (χ4v) is 1.90. The number of pyridine rings is 1. The Morgan fingerprint density at radius 1 is 1.30 bits per heavy atom. The van der Waals surface area contributed by atoms with Gasteiger partial charge in [-0.2, -0.15) is 5.10 Å². The summed E-state index contributed by atoms with van der Waals surface area (Å²) in [6, 6.07) is 7.48. The van der Waals surface area contributed by atoms with Crippen LogP contribution in [0.3, 0.4) is 0 Å². The molecular weight excluding hydrogens is 259 g/mol. The Bertz CT molecular complexity index is 797. The molecule has 2 heterocycles. The number of carbonyl (C=O) groups excluding carboxylic acids is 1. The molecule has 1 N–H and O–H groups in total. The molecule has 2 aromatic heterocycles. The second-order valence-electron chi connectivity index (χ2n) is 4.39. The second-order valence-corrected chi connectivity index (χ2v) is 4.39. The van der Waals surface area contributed by atoms with Crippen LogP contribution < -0.4 is 5.32 Å². The second kappa shape index (κ2) is 4.73. The summed E-state index contributed by atoms with van der Waals surface area (Å²) >= 11 is 0. The normalized spacial score (nSPS) is 10.7. The van der Waals surface area contributed by atoms with Crippen molar-refractivity contribution >= 4 is 22.5 Å². The minimum atomic E-state index is -0.329. The molecule has 0 saturated carbocycles. The SMILES string of the molecule is Cn1cc(NC(=O)c2ccc3cc(F)ccc3n2)cn1. The van der Waals surface area contributed by atoms with E-state index in [2.05, 4.69) is 15.4 Å². The molecule has 1 aromatic carbocycles. The van der Waals surface area contributed by atoms with Gasteiger partial charge in [-0.1, -0.05) is 6.07 Å². The molecule has 20 heavy (non-hydrogen) atoms. The molecule has 1 amide bonds. The lowest BCUT2D eigenvalue weighted by molar-refractivity contribution is 0.102. The van der Waals surface area contributed by atoms with Crippen LogP contribution in [-0.4, -0.2) is 20.7 Å². The van der Waals surface area contributed by atoms with Crippen molar-refractivity contribution in [1.82, 2.24) is 14.8 Å². The van der Waals surface area contributed by atoms with E-state index in [-0.39, 0.29) is 17.4 Å². The zero-order valence-electron chi connectivity index (χ0n) is 10.7. The maximum absolute atomic E-state index is 13.1. The number of fused-ring (bicyclic) bond motifs is 1. The number of carbonyl (C=O) groups is 1. The zero-order chi connectivity index (χ0) is 14.1. The Hall–Kier alpha value is -2.76. The molecule has 100 valence electrons. The smallest absolute Gasteiger partial charge is 0.274 e. The van der Waals surface area contributed by atoms with Crippen LogP contribution in [0.2, 0.25) is 0 Å². The van der Waals surface area contributed by atoms with E-state index in [1.54, 1.807) is 42.3 Å². The summed E-state index contributed by atoms with van der Waals surface area (Å²) in [6.07, 6.45) is 3.24. The van der Waals surface area contributed by atoms with Gasteiger partial charge in [0.15, 0.2) is 0 Å². The van der Waals surface area contributed by atoms with Gasteiger partial charge >= 0.3 is 0 Å². The van der Waals surface area contributed by atoms with Crippen LogP contribution in [0.15, 0.2) is 42.7 Å². The Balaban J connectivity index is 1.89. The van der Waals surface area contributed by atoms with Gasteiger partial charge in [0.25, 0.3) is 5.91 Å². The summed E-state index contributed by atoms with van der Waals surface area (Å²) in [5, 5.41) is 7.31. The molecule has 0 aliphatic rings. The van der Waals surface area contributed by atoms with Gasteiger partial charge < -0.3 is 5.32 Å². The quantitative estimate of drug-likeness (QED) is 0.777. The Kier molecular flexibility index (Phi) is 2.90. The summed E-state index contributed by atoms with van der Waals surface area (Å²) in [6.45, 7) is 0. The molecule has 0 saturated heterocycles. The minimum Gasteiger partial charge on any atom is -0.318 e. The first kappa shape index (κ1) is 12.3. The third-order valence-electron chi connectivity index (χ3n) is 2.85. The van der Waals surface area contributed by atoms with E-state index in [1.807, 2.05) is 0 Å². The molecule has 0 unspecified atom stereocenters. The maximum atomic E-state index is 13.1. The number of halogens is 1. The maximum Gasteiger partial charge on any atom is 0.274 e. The van der Waals surface area contributed by atoms with Crippen LogP contribution in [-0.2, 0) is 7.05 Å². The number of benzene rings is 1. The summed E-state index contributed by atoms with van der Waals surface area (Å²) in [7, 11) is 1.76. The molecule has 3 aromatic rings. The van der Waals surface area contributed by atoms with Crippen molar-refractivity contribution in [3.63, 3.8) is 0 Å². The Morgan fingerprint density at radius 2 is 2.15 bits per heavy atom. The molecule has 0 aliphatic heterocycles. The first-order valence-electron chi connectivity index (χ1n) is 5.98. The van der Waals surface area contributed by atoms with Gasteiger partial charge in [0, 0.05) is 18.6 Å². The molecule has 5 nitrogen and oxygen atoms in total. The van der Waals surface area contributed by atoms with E-state index in [0.717, 1.165) is 0 Å². The molecule has 0 radical (unpaired) electrons. The topological polar surface area (TPSA) is 59.8 Å². The monoisotopic (exact) mass is 270 g/mol. The van der Waals surface area contributed by atoms with E-state index in [4.69, 9.17) is 0 Å². The van der Waals surface area contributed by atoms with Gasteiger partial charge in [0.05, 0.1) is 17.4 Å². The molecule has 0 bridgehead atoms. The molecular formula is C14H11FN4O. The van der Waals surface area contributed by atoms with Gasteiger partial charge in [-0.15, -0.1) is 0 Å². The third kappa shape index (κ3) is 2.35. The Labute approximate surface area is 114 Å². The molecule has 0 aliphatic carbocycles. The van der Waals surface area contributed by atoms with Crippen LogP contribution in [0.5, 0.6) is 0 Å². The highest BCUT2D eigenvalue weighted by Gasteiger charge is 2.09. The lowest BCUT2D eigenvalue weighted by atomic mass is 10.2. The largest absolute Gasteiger partial charge is 0.318 e. The zero-order valence-corrected chi connectivity index (χ0v) is 10.7. The van der Waals surface area contributed by atoms with E-state index in [1.165, 1.54) is 12.1 Å². The molecule has 0 spiro atoms. The van der Waals surface area contributed by atoms with Crippen molar-refractivity contribution in [2.24, 2.45) is 7.05 Å². The summed E-state index contributed by atoms with van der Waals surface area (Å²) in [4.78, 5) is 16.3. The lowest BCUT2D eigenvalue weighted by Gasteiger charge is -2.03. The van der Waals surface area contributed by atoms with Crippen molar-refractivity contribution in [2.45, 2.75) is 0 Å².